The number of H-pyrrole nitrogens is 1. The standard InChI is InChI=1S/C10H17N3O/c1-7(10(2,3)4)13-9(14)8-5-11-12-6-8/h5-7H,1-4H3,(H,11,12)(H,13,14). The predicted molar refractivity (Wildman–Crippen MR) is 55.0 cm³/mol. The molecule has 2 N–H and O–H groups in total. The molecule has 0 bridgehead atoms. The van der Waals surface area contributed by atoms with Crippen molar-refractivity contribution in [2.45, 2.75) is 33.7 Å². The second-order valence-corrected chi connectivity index (χ2v) is 4.55. The van der Waals surface area contributed by atoms with Gasteiger partial charge in [0.25, 0.3) is 5.91 Å². The van der Waals surface area contributed by atoms with Gasteiger partial charge in [-0.3, -0.25) is 9.89 Å². The molecule has 0 spiro atoms. The molecule has 1 rings (SSSR count). The number of carbonyl (C=O) groups is 1. The van der Waals surface area contributed by atoms with Crippen molar-refractivity contribution in [3.63, 3.8) is 0 Å². The average molecular weight is 195 g/mol. The minimum Gasteiger partial charge on any atom is -0.349 e. The van der Waals surface area contributed by atoms with Crippen molar-refractivity contribution in [1.82, 2.24) is 15.5 Å². The first-order valence-electron chi connectivity index (χ1n) is 4.71. The summed E-state index contributed by atoms with van der Waals surface area (Å²) in [6, 6.07) is 0.130. The van der Waals surface area contributed by atoms with Crippen molar-refractivity contribution in [1.29, 1.82) is 0 Å². The Labute approximate surface area is 84.1 Å². The number of aromatic amines is 1. The summed E-state index contributed by atoms with van der Waals surface area (Å²) < 4.78 is 0. The molecule has 0 aliphatic heterocycles. The third-order valence-electron chi connectivity index (χ3n) is 2.41. The molecule has 78 valence electrons. The zero-order valence-electron chi connectivity index (χ0n) is 9.09. The van der Waals surface area contributed by atoms with Crippen LogP contribution in [0.25, 0.3) is 0 Å². The van der Waals surface area contributed by atoms with E-state index in [1.54, 1.807) is 6.20 Å². The second-order valence-electron chi connectivity index (χ2n) is 4.55. The summed E-state index contributed by atoms with van der Waals surface area (Å²) in [6.07, 6.45) is 3.11. The van der Waals surface area contributed by atoms with E-state index in [1.807, 2.05) is 6.92 Å². The van der Waals surface area contributed by atoms with E-state index < -0.39 is 0 Å². The van der Waals surface area contributed by atoms with Gasteiger partial charge in [0.1, 0.15) is 0 Å². The molecule has 1 atom stereocenters. The van der Waals surface area contributed by atoms with Crippen LogP contribution in [0.4, 0.5) is 0 Å². The zero-order valence-corrected chi connectivity index (χ0v) is 9.09. The van der Waals surface area contributed by atoms with Crippen LogP contribution in [0.15, 0.2) is 12.4 Å². The molecule has 0 aromatic carbocycles. The van der Waals surface area contributed by atoms with Crippen molar-refractivity contribution in [2.75, 3.05) is 0 Å². The largest absolute Gasteiger partial charge is 0.349 e. The monoisotopic (exact) mass is 195 g/mol. The van der Waals surface area contributed by atoms with Crippen LogP contribution in [0.2, 0.25) is 0 Å². The number of hydrogen-bond acceptors (Lipinski definition) is 2. The van der Waals surface area contributed by atoms with Crippen LogP contribution in [0.3, 0.4) is 0 Å². The van der Waals surface area contributed by atoms with E-state index in [2.05, 4.69) is 36.3 Å². The highest BCUT2D eigenvalue weighted by Gasteiger charge is 2.22. The quantitative estimate of drug-likeness (QED) is 0.752. The molecule has 14 heavy (non-hydrogen) atoms. The molecule has 4 nitrogen and oxygen atoms in total. The topological polar surface area (TPSA) is 57.8 Å². The maximum Gasteiger partial charge on any atom is 0.254 e. The van der Waals surface area contributed by atoms with E-state index in [-0.39, 0.29) is 17.4 Å². The third-order valence-corrected chi connectivity index (χ3v) is 2.41. The Morgan fingerprint density at radius 2 is 2.21 bits per heavy atom. The van der Waals surface area contributed by atoms with Gasteiger partial charge in [-0.2, -0.15) is 5.10 Å². The summed E-state index contributed by atoms with van der Waals surface area (Å²) in [4.78, 5) is 11.6. The number of hydrogen-bond donors (Lipinski definition) is 2. The Balaban J connectivity index is 2.58. The summed E-state index contributed by atoms with van der Waals surface area (Å²) in [5.74, 6) is -0.0822. The van der Waals surface area contributed by atoms with Gasteiger partial charge in [0.2, 0.25) is 0 Å². The number of nitrogens with zero attached hydrogens (tertiary/aromatic N) is 1. The lowest BCUT2D eigenvalue weighted by molar-refractivity contribution is 0.0910. The van der Waals surface area contributed by atoms with Crippen molar-refractivity contribution in [3.05, 3.63) is 18.0 Å². The first-order valence-corrected chi connectivity index (χ1v) is 4.71. The Hall–Kier alpha value is -1.32. The van der Waals surface area contributed by atoms with Gasteiger partial charge in [0.15, 0.2) is 0 Å². The van der Waals surface area contributed by atoms with Crippen molar-refractivity contribution in [3.8, 4) is 0 Å². The summed E-state index contributed by atoms with van der Waals surface area (Å²) >= 11 is 0. The van der Waals surface area contributed by atoms with E-state index in [4.69, 9.17) is 0 Å². The second kappa shape index (κ2) is 3.82. The highest BCUT2D eigenvalue weighted by Crippen LogP contribution is 2.18. The van der Waals surface area contributed by atoms with Crippen molar-refractivity contribution >= 4 is 5.91 Å². The van der Waals surface area contributed by atoms with E-state index >= 15 is 0 Å². The molecule has 4 heteroatoms. The molecule has 0 aliphatic rings. The molecule has 1 aromatic rings. The zero-order chi connectivity index (χ0) is 10.8. The average Bonchev–Trinajstić information content (AvgIpc) is 2.53. The van der Waals surface area contributed by atoms with Gasteiger partial charge in [0.05, 0.1) is 11.8 Å². The normalized spacial score (nSPS) is 13.7. The maximum atomic E-state index is 11.6. The predicted octanol–water partition coefficient (Wildman–Crippen LogP) is 1.57. The lowest BCUT2D eigenvalue weighted by Crippen LogP contribution is -2.41. The first kappa shape index (κ1) is 10.8. The molecule has 1 unspecified atom stereocenters. The van der Waals surface area contributed by atoms with Crippen LogP contribution < -0.4 is 5.32 Å². The van der Waals surface area contributed by atoms with Gasteiger partial charge < -0.3 is 5.32 Å². The molecule has 1 amide bonds. The Bertz CT molecular complexity index is 298. The number of nitrogens with one attached hydrogen (secondary N) is 2. The molecule has 1 heterocycles. The van der Waals surface area contributed by atoms with Gasteiger partial charge in [-0.1, -0.05) is 20.8 Å². The minimum atomic E-state index is -0.0822. The molecule has 0 fully saturated rings. The molecule has 0 saturated carbocycles. The van der Waals surface area contributed by atoms with Crippen LogP contribution in [0, 0.1) is 5.41 Å². The van der Waals surface area contributed by atoms with Crippen LogP contribution in [0.5, 0.6) is 0 Å². The number of amides is 1. The minimum absolute atomic E-state index is 0.0688. The van der Waals surface area contributed by atoms with Crippen molar-refractivity contribution in [2.24, 2.45) is 5.41 Å². The maximum absolute atomic E-state index is 11.6. The van der Waals surface area contributed by atoms with E-state index in [0.29, 0.717) is 5.56 Å². The molecular formula is C10H17N3O. The highest BCUT2D eigenvalue weighted by atomic mass is 16.1. The fourth-order valence-corrected chi connectivity index (χ4v) is 0.872. The summed E-state index contributed by atoms with van der Waals surface area (Å²) in [6.45, 7) is 8.27. The molecular weight excluding hydrogens is 178 g/mol. The summed E-state index contributed by atoms with van der Waals surface area (Å²) in [7, 11) is 0. The lowest BCUT2D eigenvalue weighted by Gasteiger charge is -2.27. The van der Waals surface area contributed by atoms with E-state index in [1.165, 1.54) is 6.20 Å². The van der Waals surface area contributed by atoms with Crippen molar-refractivity contribution < 1.29 is 4.79 Å². The highest BCUT2D eigenvalue weighted by molar-refractivity contribution is 5.93. The SMILES string of the molecule is CC(NC(=O)c1cn[nH]c1)C(C)(C)C. The number of carbonyl (C=O) groups excluding carboxylic acids is 1. The Morgan fingerprint density at radius 1 is 1.57 bits per heavy atom. The number of rotatable bonds is 2. The number of aromatic nitrogens is 2. The molecule has 1 aromatic heterocycles. The van der Waals surface area contributed by atoms with Gasteiger partial charge in [-0.25, -0.2) is 0 Å². The third kappa shape index (κ3) is 2.58. The fraction of sp³-hybridized carbons (Fsp3) is 0.600. The van der Waals surface area contributed by atoms with Gasteiger partial charge in [-0.05, 0) is 12.3 Å². The van der Waals surface area contributed by atoms with E-state index in [0.717, 1.165) is 0 Å². The summed E-state index contributed by atoms with van der Waals surface area (Å²) in [5, 5.41) is 9.26. The van der Waals surface area contributed by atoms with Crippen LogP contribution in [0.1, 0.15) is 38.1 Å². The first-order chi connectivity index (χ1) is 6.41. The van der Waals surface area contributed by atoms with Crippen LogP contribution >= 0.6 is 0 Å². The van der Waals surface area contributed by atoms with Gasteiger partial charge in [0, 0.05) is 12.2 Å². The van der Waals surface area contributed by atoms with E-state index in [9.17, 15) is 4.79 Å². The van der Waals surface area contributed by atoms with Gasteiger partial charge >= 0.3 is 0 Å². The molecule has 0 saturated heterocycles. The smallest absolute Gasteiger partial charge is 0.254 e. The Morgan fingerprint density at radius 3 is 2.64 bits per heavy atom. The van der Waals surface area contributed by atoms with Crippen LogP contribution in [-0.4, -0.2) is 22.1 Å². The lowest BCUT2D eigenvalue weighted by atomic mass is 9.88. The molecule has 0 aliphatic carbocycles. The summed E-state index contributed by atoms with van der Waals surface area (Å²) in [5.41, 5.74) is 0.639. The Kier molecular flexibility index (Phi) is 2.93. The van der Waals surface area contributed by atoms with Gasteiger partial charge in [-0.15, -0.1) is 0 Å². The van der Waals surface area contributed by atoms with Crippen LogP contribution in [-0.2, 0) is 0 Å². The fourth-order valence-electron chi connectivity index (χ4n) is 0.872. The molecule has 0 radical (unpaired) electrons.